The minimum Gasteiger partial charge on any atom is -0.330 e. The van der Waals surface area contributed by atoms with Crippen molar-refractivity contribution in [3.63, 3.8) is 0 Å². The lowest BCUT2D eigenvalue weighted by Crippen LogP contribution is -2.26. The van der Waals surface area contributed by atoms with Crippen molar-refractivity contribution >= 4 is 12.0 Å². The molecule has 1 aromatic carbocycles. The van der Waals surface area contributed by atoms with Gasteiger partial charge in [-0.2, -0.15) is 0 Å². The molecule has 0 spiro atoms. The van der Waals surface area contributed by atoms with Crippen LogP contribution < -0.4 is 5.73 Å². The van der Waals surface area contributed by atoms with Gasteiger partial charge in [-0.25, -0.2) is 5.06 Å². The lowest BCUT2D eigenvalue weighted by atomic mass is 10.2. The van der Waals surface area contributed by atoms with E-state index in [4.69, 9.17) is 5.73 Å². The summed E-state index contributed by atoms with van der Waals surface area (Å²) in [6.07, 6.45) is 4.54. The molecule has 0 atom stereocenters. The predicted octanol–water partition coefficient (Wildman–Crippen LogP) is 1.66. The van der Waals surface area contributed by atoms with Crippen LogP contribution in [-0.2, 0) is 4.79 Å². The molecule has 0 bridgehead atoms. The lowest BCUT2D eigenvalue weighted by Gasteiger charge is -2.11. The summed E-state index contributed by atoms with van der Waals surface area (Å²) in [5, 5.41) is 10.1. The first-order valence-electron chi connectivity index (χ1n) is 5.67. The van der Waals surface area contributed by atoms with Crippen molar-refractivity contribution in [3.8, 4) is 0 Å². The summed E-state index contributed by atoms with van der Waals surface area (Å²) in [5.74, 6) is -0.411. The highest BCUT2D eigenvalue weighted by Crippen LogP contribution is 2.02. The molecule has 0 fully saturated rings. The molecule has 4 nitrogen and oxygen atoms in total. The summed E-state index contributed by atoms with van der Waals surface area (Å²) >= 11 is 0. The van der Waals surface area contributed by atoms with E-state index in [1.54, 1.807) is 6.08 Å². The van der Waals surface area contributed by atoms with Gasteiger partial charge in [-0.05, 0) is 31.0 Å². The van der Waals surface area contributed by atoms with Gasteiger partial charge in [0, 0.05) is 12.6 Å². The molecular formula is C13H18N2O2. The van der Waals surface area contributed by atoms with Crippen LogP contribution in [-0.4, -0.2) is 29.3 Å². The first-order chi connectivity index (χ1) is 8.24. The number of rotatable bonds is 6. The van der Waals surface area contributed by atoms with Crippen molar-refractivity contribution in [2.45, 2.75) is 12.8 Å². The summed E-state index contributed by atoms with van der Waals surface area (Å²) in [7, 11) is 0. The zero-order chi connectivity index (χ0) is 12.5. The van der Waals surface area contributed by atoms with Gasteiger partial charge in [0.1, 0.15) is 0 Å². The molecule has 1 rings (SSSR count). The monoisotopic (exact) mass is 234 g/mol. The molecule has 4 heteroatoms. The molecule has 0 aliphatic carbocycles. The van der Waals surface area contributed by atoms with Gasteiger partial charge in [-0.15, -0.1) is 0 Å². The van der Waals surface area contributed by atoms with Crippen LogP contribution >= 0.6 is 0 Å². The highest BCUT2D eigenvalue weighted by molar-refractivity contribution is 5.90. The molecule has 92 valence electrons. The third-order valence-corrected chi connectivity index (χ3v) is 2.30. The number of hydrogen-bond donors (Lipinski definition) is 2. The minimum atomic E-state index is -0.411. The van der Waals surface area contributed by atoms with Crippen LogP contribution in [0.1, 0.15) is 18.4 Å². The maximum absolute atomic E-state index is 11.5. The Kier molecular flexibility index (Phi) is 5.99. The Morgan fingerprint density at radius 1 is 1.29 bits per heavy atom. The molecule has 0 saturated carbocycles. The number of amides is 1. The highest BCUT2D eigenvalue weighted by atomic mass is 16.5. The Hall–Kier alpha value is -1.65. The molecule has 3 N–H and O–H groups in total. The van der Waals surface area contributed by atoms with Gasteiger partial charge < -0.3 is 5.73 Å². The molecule has 0 unspecified atom stereocenters. The molecule has 0 aliphatic heterocycles. The van der Waals surface area contributed by atoms with Crippen molar-refractivity contribution in [2.75, 3.05) is 13.1 Å². The first-order valence-corrected chi connectivity index (χ1v) is 5.67. The van der Waals surface area contributed by atoms with E-state index in [0.717, 1.165) is 17.0 Å². The van der Waals surface area contributed by atoms with Crippen LogP contribution in [0.5, 0.6) is 0 Å². The maximum atomic E-state index is 11.5. The Morgan fingerprint density at radius 2 is 2.00 bits per heavy atom. The average Bonchev–Trinajstić information content (AvgIpc) is 2.37. The van der Waals surface area contributed by atoms with E-state index in [0.29, 0.717) is 19.5 Å². The highest BCUT2D eigenvalue weighted by Gasteiger charge is 2.05. The summed E-state index contributed by atoms with van der Waals surface area (Å²) in [6, 6.07) is 9.47. The van der Waals surface area contributed by atoms with Crippen molar-refractivity contribution < 1.29 is 10.0 Å². The fourth-order valence-electron chi connectivity index (χ4n) is 1.33. The van der Waals surface area contributed by atoms with Crippen molar-refractivity contribution in [2.24, 2.45) is 5.73 Å². The number of carbonyl (C=O) groups is 1. The Labute approximate surface area is 101 Å². The largest absolute Gasteiger partial charge is 0.330 e. The van der Waals surface area contributed by atoms with E-state index >= 15 is 0 Å². The van der Waals surface area contributed by atoms with Gasteiger partial charge in [-0.3, -0.25) is 10.0 Å². The number of hydrogen-bond acceptors (Lipinski definition) is 3. The minimum absolute atomic E-state index is 0.315. The normalized spacial score (nSPS) is 10.7. The first kappa shape index (κ1) is 13.4. The molecular weight excluding hydrogens is 216 g/mol. The van der Waals surface area contributed by atoms with Crippen molar-refractivity contribution in [1.82, 2.24) is 5.06 Å². The van der Waals surface area contributed by atoms with Gasteiger partial charge in [0.05, 0.1) is 0 Å². The fraction of sp³-hybridized carbons (Fsp3) is 0.308. The average molecular weight is 234 g/mol. The SMILES string of the molecule is NCCCCN(O)C(=O)/C=C/c1ccccc1. The number of nitrogens with zero attached hydrogens (tertiary/aromatic N) is 1. The van der Waals surface area contributed by atoms with Gasteiger partial charge in [0.15, 0.2) is 0 Å². The van der Waals surface area contributed by atoms with E-state index in [2.05, 4.69) is 0 Å². The van der Waals surface area contributed by atoms with E-state index in [1.807, 2.05) is 30.3 Å². The molecule has 0 heterocycles. The smallest absolute Gasteiger partial charge is 0.269 e. The van der Waals surface area contributed by atoms with Gasteiger partial charge >= 0.3 is 0 Å². The van der Waals surface area contributed by atoms with Crippen LogP contribution in [0.25, 0.3) is 6.08 Å². The molecule has 1 amide bonds. The third-order valence-electron chi connectivity index (χ3n) is 2.30. The lowest BCUT2D eigenvalue weighted by molar-refractivity contribution is -0.159. The topological polar surface area (TPSA) is 66.6 Å². The van der Waals surface area contributed by atoms with E-state index in [9.17, 15) is 10.0 Å². The van der Waals surface area contributed by atoms with Gasteiger partial charge in [0.2, 0.25) is 0 Å². The van der Waals surface area contributed by atoms with Gasteiger partial charge in [0.25, 0.3) is 5.91 Å². The molecule has 17 heavy (non-hydrogen) atoms. The quantitative estimate of drug-likeness (QED) is 0.340. The molecule has 0 aliphatic rings. The fourth-order valence-corrected chi connectivity index (χ4v) is 1.33. The second kappa shape index (κ2) is 7.60. The third kappa shape index (κ3) is 5.29. The number of benzene rings is 1. The standard InChI is InChI=1S/C13H18N2O2/c14-10-4-5-11-15(17)13(16)9-8-12-6-2-1-3-7-12/h1-3,6-9,17H,4-5,10-11,14H2/b9-8+. The second-order valence-electron chi connectivity index (χ2n) is 3.70. The molecule has 0 saturated heterocycles. The second-order valence-corrected chi connectivity index (χ2v) is 3.70. The van der Waals surface area contributed by atoms with Crippen LogP contribution in [0.4, 0.5) is 0 Å². The van der Waals surface area contributed by atoms with E-state index in [1.165, 1.54) is 6.08 Å². The van der Waals surface area contributed by atoms with E-state index in [-0.39, 0.29) is 0 Å². The Morgan fingerprint density at radius 3 is 2.65 bits per heavy atom. The zero-order valence-electron chi connectivity index (χ0n) is 9.75. The molecule has 0 radical (unpaired) electrons. The Balaban J connectivity index is 2.40. The number of unbranched alkanes of at least 4 members (excludes halogenated alkanes) is 1. The summed E-state index contributed by atoms with van der Waals surface area (Å²) in [6.45, 7) is 0.886. The zero-order valence-corrected chi connectivity index (χ0v) is 9.75. The number of hydroxylamine groups is 2. The van der Waals surface area contributed by atoms with Crippen LogP contribution in [0.15, 0.2) is 36.4 Å². The Bertz CT molecular complexity index is 363. The van der Waals surface area contributed by atoms with Crippen LogP contribution in [0.2, 0.25) is 0 Å². The number of nitrogens with two attached hydrogens (primary N) is 1. The maximum Gasteiger partial charge on any atom is 0.269 e. The summed E-state index contributed by atoms with van der Waals surface area (Å²) < 4.78 is 0. The number of carbonyl (C=O) groups excluding carboxylic acids is 1. The van der Waals surface area contributed by atoms with E-state index < -0.39 is 5.91 Å². The van der Waals surface area contributed by atoms with Gasteiger partial charge in [-0.1, -0.05) is 30.3 Å². The van der Waals surface area contributed by atoms with Crippen molar-refractivity contribution in [1.29, 1.82) is 0 Å². The predicted molar refractivity (Wildman–Crippen MR) is 67.3 cm³/mol. The molecule has 0 aromatic heterocycles. The van der Waals surface area contributed by atoms with Crippen LogP contribution in [0.3, 0.4) is 0 Å². The van der Waals surface area contributed by atoms with Crippen molar-refractivity contribution in [3.05, 3.63) is 42.0 Å². The summed E-state index contributed by atoms with van der Waals surface area (Å²) in [4.78, 5) is 11.5. The molecule has 1 aromatic rings. The summed E-state index contributed by atoms with van der Waals surface area (Å²) in [5.41, 5.74) is 6.25. The van der Waals surface area contributed by atoms with Crippen LogP contribution in [0, 0.1) is 0 Å².